The summed E-state index contributed by atoms with van der Waals surface area (Å²) in [5.41, 5.74) is 2.28. The van der Waals surface area contributed by atoms with E-state index in [0.29, 0.717) is 19.4 Å². The fraction of sp³-hybridized carbons (Fsp3) is 0.571. The molecule has 4 rings (SSSR count). The highest BCUT2D eigenvalue weighted by Gasteiger charge is 2.52. The Morgan fingerprint density at radius 2 is 1.93 bits per heavy atom. The van der Waals surface area contributed by atoms with Crippen LogP contribution < -0.4 is 4.74 Å². The molecular formula is C21H26N2O5. The molecule has 0 unspecified atom stereocenters. The number of rotatable bonds is 3. The lowest BCUT2D eigenvalue weighted by molar-refractivity contribution is -0.154. The van der Waals surface area contributed by atoms with Gasteiger partial charge in [-0.2, -0.15) is 0 Å². The SMILES string of the molecule is COC(=O)[C@@H]1CCCN1C(=O)[C@@H]1C[C@H]2Cc3cc(OC)ccc3[C@H]2N1C(C)=O. The van der Waals surface area contributed by atoms with Crippen molar-refractivity contribution in [3.63, 3.8) is 0 Å². The van der Waals surface area contributed by atoms with Gasteiger partial charge in [0, 0.05) is 13.5 Å². The summed E-state index contributed by atoms with van der Waals surface area (Å²) >= 11 is 0. The molecule has 2 fully saturated rings. The van der Waals surface area contributed by atoms with Gasteiger partial charge >= 0.3 is 5.97 Å². The Bertz CT molecular complexity index is 823. The molecule has 1 aromatic rings. The number of carbonyl (C=O) groups is 3. The van der Waals surface area contributed by atoms with Crippen molar-refractivity contribution in [1.29, 1.82) is 0 Å². The van der Waals surface area contributed by atoms with Crippen molar-refractivity contribution in [3.05, 3.63) is 29.3 Å². The Hall–Kier alpha value is -2.57. The molecule has 2 amide bonds. The van der Waals surface area contributed by atoms with E-state index < -0.39 is 12.1 Å². The Kier molecular flexibility index (Phi) is 4.77. The molecule has 7 heteroatoms. The third-order valence-corrected chi connectivity index (χ3v) is 6.42. The van der Waals surface area contributed by atoms with Crippen LogP contribution in [-0.4, -0.2) is 60.4 Å². The first-order valence-electron chi connectivity index (χ1n) is 9.80. The van der Waals surface area contributed by atoms with E-state index in [1.165, 1.54) is 19.6 Å². The summed E-state index contributed by atoms with van der Waals surface area (Å²) in [5, 5.41) is 0. The van der Waals surface area contributed by atoms with Crippen molar-refractivity contribution in [1.82, 2.24) is 9.80 Å². The van der Waals surface area contributed by atoms with E-state index in [2.05, 4.69) is 0 Å². The predicted octanol–water partition coefficient (Wildman–Crippen LogP) is 1.69. The average molecular weight is 386 g/mol. The summed E-state index contributed by atoms with van der Waals surface area (Å²) in [4.78, 5) is 41.3. The fourth-order valence-electron chi connectivity index (χ4n) is 5.24. The lowest BCUT2D eigenvalue weighted by atomic mass is 9.99. The van der Waals surface area contributed by atoms with Gasteiger partial charge in [0.2, 0.25) is 11.8 Å². The molecule has 0 radical (unpaired) electrons. The predicted molar refractivity (Wildman–Crippen MR) is 101 cm³/mol. The molecule has 28 heavy (non-hydrogen) atoms. The molecule has 4 atom stereocenters. The number of amides is 2. The van der Waals surface area contributed by atoms with Crippen molar-refractivity contribution >= 4 is 17.8 Å². The van der Waals surface area contributed by atoms with Gasteiger partial charge in [0.05, 0.1) is 20.3 Å². The Balaban J connectivity index is 1.62. The average Bonchev–Trinajstić information content (AvgIpc) is 3.38. The van der Waals surface area contributed by atoms with Crippen LogP contribution in [0.4, 0.5) is 0 Å². The number of nitrogens with zero attached hydrogens (tertiary/aromatic N) is 2. The Morgan fingerprint density at radius 3 is 2.61 bits per heavy atom. The van der Waals surface area contributed by atoms with Crippen LogP contribution in [0.1, 0.15) is 43.4 Å². The van der Waals surface area contributed by atoms with E-state index in [9.17, 15) is 14.4 Å². The number of hydrogen-bond acceptors (Lipinski definition) is 5. The highest BCUT2D eigenvalue weighted by molar-refractivity contribution is 5.91. The molecule has 0 aromatic heterocycles. The van der Waals surface area contributed by atoms with Gasteiger partial charge in [-0.1, -0.05) is 6.07 Å². The van der Waals surface area contributed by atoms with Crippen LogP contribution in [0.3, 0.4) is 0 Å². The number of likely N-dealkylation sites (tertiary alicyclic amines) is 2. The number of esters is 1. The molecule has 0 saturated carbocycles. The molecule has 0 spiro atoms. The molecule has 150 valence electrons. The van der Waals surface area contributed by atoms with Crippen LogP contribution >= 0.6 is 0 Å². The van der Waals surface area contributed by atoms with E-state index in [1.54, 1.807) is 16.9 Å². The lowest BCUT2D eigenvalue weighted by Crippen LogP contribution is -2.51. The molecular weight excluding hydrogens is 360 g/mol. The summed E-state index contributed by atoms with van der Waals surface area (Å²) in [6.07, 6.45) is 2.82. The van der Waals surface area contributed by atoms with Crippen molar-refractivity contribution < 1.29 is 23.9 Å². The van der Waals surface area contributed by atoms with Crippen molar-refractivity contribution in [3.8, 4) is 5.75 Å². The first kappa shape index (κ1) is 18.8. The smallest absolute Gasteiger partial charge is 0.328 e. The molecule has 0 bridgehead atoms. The topological polar surface area (TPSA) is 76.2 Å². The number of carbonyl (C=O) groups excluding carboxylic acids is 3. The minimum absolute atomic E-state index is 0.0912. The van der Waals surface area contributed by atoms with Gasteiger partial charge in [-0.05, 0) is 54.9 Å². The van der Waals surface area contributed by atoms with E-state index in [-0.39, 0.29) is 29.7 Å². The van der Waals surface area contributed by atoms with Crippen molar-refractivity contribution in [2.24, 2.45) is 5.92 Å². The number of methoxy groups -OCH3 is 2. The van der Waals surface area contributed by atoms with Gasteiger partial charge in [-0.25, -0.2) is 4.79 Å². The number of ether oxygens (including phenoxy) is 2. The Labute approximate surface area is 164 Å². The maximum Gasteiger partial charge on any atom is 0.328 e. The normalized spacial score (nSPS) is 28.1. The maximum absolute atomic E-state index is 13.3. The van der Waals surface area contributed by atoms with E-state index in [1.807, 2.05) is 18.2 Å². The molecule has 1 aliphatic carbocycles. The highest BCUT2D eigenvalue weighted by atomic mass is 16.5. The molecule has 2 heterocycles. The zero-order valence-electron chi connectivity index (χ0n) is 16.5. The van der Waals surface area contributed by atoms with Gasteiger partial charge in [-0.15, -0.1) is 0 Å². The van der Waals surface area contributed by atoms with Crippen LogP contribution in [0.5, 0.6) is 5.75 Å². The fourth-order valence-corrected chi connectivity index (χ4v) is 5.24. The zero-order valence-corrected chi connectivity index (χ0v) is 16.5. The largest absolute Gasteiger partial charge is 0.497 e. The zero-order chi connectivity index (χ0) is 20.0. The standard InChI is InChI=1S/C21H26N2O5/c1-12(24)23-18(20(25)22-8-4-5-17(22)21(26)28-3)11-14-9-13-10-15(27-2)6-7-16(13)19(14)23/h6-7,10,14,17-19H,4-5,8-9,11H2,1-3H3/t14-,17+,18+,19+/m1/s1. The minimum atomic E-state index is -0.539. The Morgan fingerprint density at radius 1 is 1.14 bits per heavy atom. The number of hydrogen-bond donors (Lipinski definition) is 0. The third-order valence-electron chi connectivity index (χ3n) is 6.42. The minimum Gasteiger partial charge on any atom is -0.497 e. The highest BCUT2D eigenvalue weighted by Crippen LogP contribution is 2.50. The van der Waals surface area contributed by atoms with Crippen LogP contribution in [0.2, 0.25) is 0 Å². The summed E-state index contributed by atoms with van der Waals surface area (Å²) in [7, 11) is 2.98. The van der Waals surface area contributed by atoms with Crippen LogP contribution in [-0.2, 0) is 25.5 Å². The summed E-state index contributed by atoms with van der Waals surface area (Å²) in [6, 6.07) is 4.79. The van der Waals surface area contributed by atoms with E-state index >= 15 is 0 Å². The van der Waals surface area contributed by atoms with Gasteiger partial charge in [0.15, 0.2) is 0 Å². The lowest BCUT2D eigenvalue weighted by Gasteiger charge is -2.32. The summed E-state index contributed by atoms with van der Waals surface area (Å²) in [5.74, 6) is 0.393. The van der Waals surface area contributed by atoms with Crippen LogP contribution in [0.25, 0.3) is 0 Å². The molecule has 1 aromatic carbocycles. The van der Waals surface area contributed by atoms with Crippen molar-refractivity contribution in [2.45, 2.75) is 50.7 Å². The van der Waals surface area contributed by atoms with Gasteiger partial charge in [0.25, 0.3) is 0 Å². The van der Waals surface area contributed by atoms with Gasteiger partial charge < -0.3 is 19.3 Å². The van der Waals surface area contributed by atoms with Crippen molar-refractivity contribution in [2.75, 3.05) is 20.8 Å². The van der Waals surface area contributed by atoms with E-state index in [0.717, 1.165) is 24.2 Å². The second-order valence-corrected chi connectivity index (χ2v) is 7.86. The second-order valence-electron chi connectivity index (χ2n) is 7.86. The molecule has 0 N–H and O–H groups in total. The molecule has 2 saturated heterocycles. The summed E-state index contributed by atoms with van der Waals surface area (Å²) in [6.45, 7) is 2.05. The molecule has 7 nitrogen and oxygen atoms in total. The monoisotopic (exact) mass is 386 g/mol. The van der Waals surface area contributed by atoms with Gasteiger partial charge in [0.1, 0.15) is 17.8 Å². The number of benzene rings is 1. The first-order chi connectivity index (χ1) is 13.5. The number of fused-ring (bicyclic) bond motifs is 3. The molecule has 3 aliphatic rings. The maximum atomic E-state index is 13.3. The summed E-state index contributed by atoms with van der Waals surface area (Å²) < 4.78 is 10.2. The third kappa shape index (κ3) is 2.84. The quantitative estimate of drug-likeness (QED) is 0.739. The first-order valence-corrected chi connectivity index (χ1v) is 9.80. The van der Waals surface area contributed by atoms with E-state index in [4.69, 9.17) is 9.47 Å². The van der Waals surface area contributed by atoms with Crippen LogP contribution in [0.15, 0.2) is 18.2 Å². The molecule has 2 aliphatic heterocycles. The second kappa shape index (κ2) is 7.11. The van der Waals surface area contributed by atoms with Crippen LogP contribution in [0, 0.1) is 5.92 Å². The van der Waals surface area contributed by atoms with Gasteiger partial charge in [-0.3, -0.25) is 9.59 Å².